The summed E-state index contributed by atoms with van der Waals surface area (Å²) < 4.78 is 10.1. The quantitative estimate of drug-likeness (QED) is 0.783. The van der Waals surface area contributed by atoms with E-state index >= 15 is 0 Å². The molecular weight excluding hydrogens is 234 g/mol. The minimum atomic E-state index is -0.391. The van der Waals surface area contributed by atoms with Crippen LogP contribution in [0.3, 0.4) is 0 Å². The fraction of sp³-hybridized carbons (Fsp3) is 0.583. The first-order valence-corrected chi connectivity index (χ1v) is 6.01. The predicted octanol–water partition coefficient (Wildman–Crippen LogP) is 0.445. The lowest BCUT2D eigenvalue weighted by atomic mass is 10.1. The van der Waals surface area contributed by atoms with E-state index in [1.807, 2.05) is 0 Å². The summed E-state index contributed by atoms with van der Waals surface area (Å²) >= 11 is 0. The second-order valence-corrected chi connectivity index (χ2v) is 3.99. The van der Waals surface area contributed by atoms with Gasteiger partial charge in [-0.15, -0.1) is 0 Å². The summed E-state index contributed by atoms with van der Waals surface area (Å²) in [6.45, 7) is 3.88. The van der Waals surface area contributed by atoms with Gasteiger partial charge in [0.25, 0.3) is 0 Å². The minimum absolute atomic E-state index is 0.299. The van der Waals surface area contributed by atoms with Gasteiger partial charge in [-0.05, 0) is 6.92 Å². The molecule has 2 heterocycles. The first-order chi connectivity index (χ1) is 8.76. The highest BCUT2D eigenvalue weighted by molar-refractivity contribution is 5.89. The zero-order chi connectivity index (χ0) is 13.0. The van der Waals surface area contributed by atoms with Crippen molar-refractivity contribution in [1.29, 1.82) is 0 Å². The molecule has 1 aromatic heterocycles. The number of aromatic nitrogens is 2. The van der Waals surface area contributed by atoms with E-state index in [0.29, 0.717) is 31.3 Å². The Kier molecular flexibility index (Phi) is 4.22. The van der Waals surface area contributed by atoms with Crippen molar-refractivity contribution in [2.45, 2.75) is 26.5 Å². The Morgan fingerprint density at radius 2 is 2.28 bits per heavy atom. The Morgan fingerprint density at radius 3 is 3.00 bits per heavy atom. The van der Waals surface area contributed by atoms with Gasteiger partial charge in [0.05, 0.1) is 12.3 Å². The highest BCUT2D eigenvalue weighted by Gasteiger charge is 2.22. The normalized spacial score (nSPS) is 14.1. The van der Waals surface area contributed by atoms with Crippen LogP contribution in [-0.4, -0.2) is 36.2 Å². The van der Waals surface area contributed by atoms with E-state index in [1.165, 1.54) is 0 Å². The average Bonchev–Trinajstić information content (AvgIpc) is 2.38. The predicted molar refractivity (Wildman–Crippen MR) is 64.1 cm³/mol. The smallest absolute Gasteiger partial charge is 0.357 e. The van der Waals surface area contributed by atoms with Crippen LogP contribution >= 0.6 is 0 Å². The lowest BCUT2D eigenvalue weighted by molar-refractivity contribution is 0.0516. The van der Waals surface area contributed by atoms with E-state index in [4.69, 9.17) is 9.47 Å². The fourth-order valence-electron chi connectivity index (χ4n) is 1.96. The second kappa shape index (κ2) is 5.88. The first-order valence-electron chi connectivity index (χ1n) is 6.01. The monoisotopic (exact) mass is 251 g/mol. The van der Waals surface area contributed by atoms with Crippen LogP contribution in [0.15, 0.2) is 0 Å². The number of hydrogen-bond acceptors (Lipinski definition) is 6. The van der Waals surface area contributed by atoms with Crippen molar-refractivity contribution in [2.24, 2.45) is 0 Å². The lowest BCUT2D eigenvalue weighted by Crippen LogP contribution is -2.29. The molecule has 0 bridgehead atoms. The Morgan fingerprint density at radius 1 is 1.44 bits per heavy atom. The lowest BCUT2D eigenvalue weighted by Gasteiger charge is -2.19. The molecule has 1 aromatic rings. The van der Waals surface area contributed by atoms with Crippen LogP contribution in [0.25, 0.3) is 0 Å². The van der Waals surface area contributed by atoms with Crippen LogP contribution in [0, 0.1) is 0 Å². The molecule has 0 unspecified atom stereocenters. The molecule has 1 N–H and O–H groups in total. The summed E-state index contributed by atoms with van der Waals surface area (Å²) in [7, 11) is 1.58. The van der Waals surface area contributed by atoms with Gasteiger partial charge in [0, 0.05) is 32.2 Å². The number of ether oxygens (including phenoxy) is 2. The third-order valence-corrected chi connectivity index (χ3v) is 2.72. The summed E-state index contributed by atoms with van der Waals surface area (Å²) in [6, 6.07) is 0. The molecule has 1 aliphatic heterocycles. The molecule has 18 heavy (non-hydrogen) atoms. The number of fused-ring (bicyclic) bond motifs is 1. The Hall–Kier alpha value is -1.53. The highest BCUT2D eigenvalue weighted by Crippen LogP contribution is 2.17. The van der Waals surface area contributed by atoms with Gasteiger partial charge in [0.1, 0.15) is 6.61 Å². The third-order valence-electron chi connectivity index (χ3n) is 2.72. The van der Waals surface area contributed by atoms with Gasteiger partial charge in [0.15, 0.2) is 11.5 Å². The fourth-order valence-corrected chi connectivity index (χ4v) is 1.96. The van der Waals surface area contributed by atoms with Gasteiger partial charge < -0.3 is 14.8 Å². The van der Waals surface area contributed by atoms with E-state index < -0.39 is 5.97 Å². The molecule has 0 spiro atoms. The molecule has 6 nitrogen and oxygen atoms in total. The largest absolute Gasteiger partial charge is 0.461 e. The summed E-state index contributed by atoms with van der Waals surface area (Å²) in [5.41, 5.74) is 2.12. The number of esters is 1. The molecule has 0 radical (unpaired) electrons. The van der Waals surface area contributed by atoms with Gasteiger partial charge in [-0.2, -0.15) is 0 Å². The molecule has 98 valence electrons. The second-order valence-electron chi connectivity index (χ2n) is 3.99. The first kappa shape index (κ1) is 12.9. The molecule has 0 saturated heterocycles. The van der Waals surface area contributed by atoms with E-state index in [9.17, 15) is 4.79 Å². The van der Waals surface area contributed by atoms with Gasteiger partial charge >= 0.3 is 5.97 Å². The van der Waals surface area contributed by atoms with Crippen LogP contribution < -0.4 is 5.32 Å². The number of carbonyl (C=O) groups excluding carboxylic acids is 1. The zero-order valence-electron chi connectivity index (χ0n) is 10.7. The number of carbonyl (C=O) groups is 1. The van der Waals surface area contributed by atoms with Gasteiger partial charge in [-0.25, -0.2) is 14.8 Å². The molecule has 0 atom stereocenters. The Labute approximate surface area is 106 Å². The van der Waals surface area contributed by atoms with Crippen LogP contribution in [0.2, 0.25) is 0 Å². The maximum atomic E-state index is 11.9. The standard InChI is InChI=1S/C12H17N3O3/c1-3-18-12(16)11-8-6-13-5-4-9(8)14-10(15-11)7-17-2/h13H,3-7H2,1-2H3. The molecule has 0 fully saturated rings. The molecule has 1 aliphatic rings. The van der Waals surface area contributed by atoms with Crippen molar-refractivity contribution >= 4 is 5.97 Å². The van der Waals surface area contributed by atoms with Crippen LogP contribution in [0.4, 0.5) is 0 Å². The van der Waals surface area contributed by atoms with Crippen molar-refractivity contribution in [3.05, 3.63) is 22.8 Å². The van der Waals surface area contributed by atoms with E-state index in [0.717, 1.165) is 24.2 Å². The van der Waals surface area contributed by atoms with Crippen molar-refractivity contribution in [2.75, 3.05) is 20.3 Å². The Balaban J connectivity index is 2.40. The van der Waals surface area contributed by atoms with E-state index in [1.54, 1.807) is 14.0 Å². The maximum absolute atomic E-state index is 11.9. The van der Waals surface area contributed by atoms with Crippen molar-refractivity contribution in [3.63, 3.8) is 0 Å². The highest BCUT2D eigenvalue weighted by atomic mass is 16.5. The molecular formula is C12H17N3O3. The van der Waals surface area contributed by atoms with Gasteiger partial charge in [-0.3, -0.25) is 0 Å². The Bertz CT molecular complexity index is 448. The molecule has 0 saturated carbocycles. The summed E-state index contributed by atoms with van der Waals surface area (Å²) in [5.74, 6) is 0.137. The number of nitrogens with one attached hydrogen (secondary N) is 1. The molecule has 0 aliphatic carbocycles. The van der Waals surface area contributed by atoms with Gasteiger partial charge in [0.2, 0.25) is 0 Å². The molecule has 6 heteroatoms. The summed E-state index contributed by atoms with van der Waals surface area (Å²) in [5, 5.41) is 3.21. The zero-order valence-corrected chi connectivity index (χ0v) is 10.7. The topological polar surface area (TPSA) is 73.3 Å². The number of nitrogens with zero attached hydrogens (tertiary/aromatic N) is 2. The van der Waals surface area contributed by atoms with Crippen molar-refractivity contribution < 1.29 is 14.3 Å². The van der Waals surface area contributed by atoms with Crippen LogP contribution in [0.1, 0.15) is 34.5 Å². The van der Waals surface area contributed by atoms with Crippen LogP contribution in [0.5, 0.6) is 0 Å². The van der Waals surface area contributed by atoms with Crippen molar-refractivity contribution in [1.82, 2.24) is 15.3 Å². The van der Waals surface area contributed by atoms with E-state index in [2.05, 4.69) is 15.3 Å². The number of methoxy groups -OCH3 is 1. The van der Waals surface area contributed by atoms with Gasteiger partial charge in [-0.1, -0.05) is 0 Å². The third kappa shape index (κ3) is 2.65. The van der Waals surface area contributed by atoms with E-state index in [-0.39, 0.29) is 0 Å². The minimum Gasteiger partial charge on any atom is -0.461 e. The molecule has 2 rings (SSSR count). The van der Waals surface area contributed by atoms with Crippen molar-refractivity contribution in [3.8, 4) is 0 Å². The van der Waals surface area contributed by atoms with Crippen LogP contribution in [-0.2, 0) is 29.0 Å². The summed E-state index contributed by atoms with van der Waals surface area (Å²) in [4.78, 5) is 20.6. The SMILES string of the molecule is CCOC(=O)c1nc(COC)nc2c1CNCC2. The molecule has 0 aromatic carbocycles. The average molecular weight is 251 g/mol. The number of hydrogen-bond donors (Lipinski definition) is 1. The molecule has 0 amide bonds. The maximum Gasteiger partial charge on any atom is 0.357 e. The number of rotatable bonds is 4. The summed E-state index contributed by atoms with van der Waals surface area (Å²) in [6.07, 6.45) is 0.793.